The minimum absolute atomic E-state index is 0.0516. The monoisotopic (exact) mass is 343 g/mol. The number of carbonyl (C=O) groups is 3. The van der Waals surface area contributed by atoms with Gasteiger partial charge in [-0.05, 0) is 49.8 Å². The minimum atomic E-state index is -1.14. The average Bonchev–Trinajstić information content (AvgIpc) is 2.85. The number of aliphatic hydroxyl groups excluding tert-OH is 1. The Balaban J connectivity index is 1.95. The third kappa shape index (κ3) is 4.23. The van der Waals surface area contributed by atoms with E-state index in [9.17, 15) is 19.5 Å². The summed E-state index contributed by atoms with van der Waals surface area (Å²) in [7, 11) is 0. The molecule has 0 radical (unpaired) electrons. The molecule has 0 saturated heterocycles. The quantitative estimate of drug-likeness (QED) is 0.551. The van der Waals surface area contributed by atoms with Crippen LogP contribution >= 0.6 is 0 Å². The van der Waals surface area contributed by atoms with Crippen LogP contribution in [0, 0.1) is 5.92 Å². The second kappa shape index (κ2) is 8.21. The zero-order chi connectivity index (χ0) is 18.6. The van der Waals surface area contributed by atoms with Crippen molar-refractivity contribution in [3.8, 4) is 0 Å². The Morgan fingerprint density at radius 2 is 1.76 bits per heavy atom. The van der Waals surface area contributed by atoms with Gasteiger partial charge >= 0.3 is 0 Å². The second-order valence-electron chi connectivity index (χ2n) is 6.61. The summed E-state index contributed by atoms with van der Waals surface area (Å²) in [5.74, 6) is -0.700. The molecular weight excluding hydrogens is 318 g/mol. The lowest BCUT2D eigenvalue weighted by Gasteiger charge is -2.25. The highest BCUT2D eigenvalue weighted by Crippen LogP contribution is 2.27. The van der Waals surface area contributed by atoms with Crippen LogP contribution in [0.3, 0.4) is 0 Å². The molecule has 1 N–H and O–H groups in total. The van der Waals surface area contributed by atoms with Gasteiger partial charge in [-0.25, -0.2) is 4.90 Å². The summed E-state index contributed by atoms with van der Waals surface area (Å²) in [6.07, 6.45) is 1.89. The molecule has 1 aromatic carbocycles. The van der Waals surface area contributed by atoms with Crippen molar-refractivity contribution in [3.05, 3.63) is 47.5 Å². The third-order valence-corrected chi connectivity index (χ3v) is 4.74. The van der Waals surface area contributed by atoms with Gasteiger partial charge in [0.2, 0.25) is 0 Å². The Kier molecular flexibility index (Phi) is 6.26. The molecule has 0 fully saturated rings. The normalized spacial score (nSPS) is 15.9. The first-order chi connectivity index (χ1) is 11.9. The number of allylic oxidation sites excluding steroid dienone is 1. The van der Waals surface area contributed by atoms with Crippen LogP contribution in [0.1, 0.15) is 66.7 Å². The summed E-state index contributed by atoms with van der Waals surface area (Å²) in [6, 6.07) is 6.60. The largest absolute Gasteiger partial charge is 0.373 e. The smallest absolute Gasteiger partial charge is 0.263 e. The van der Waals surface area contributed by atoms with Crippen molar-refractivity contribution < 1.29 is 19.5 Å². The second-order valence-corrected chi connectivity index (χ2v) is 6.61. The summed E-state index contributed by atoms with van der Waals surface area (Å²) in [6.45, 7) is 7.34. The Morgan fingerprint density at radius 1 is 1.20 bits per heavy atom. The molecule has 0 aromatic heterocycles. The lowest BCUT2D eigenvalue weighted by Crippen LogP contribution is -2.40. The molecule has 25 heavy (non-hydrogen) atoms. The predicted molar refractivity (Wildman–Crippen MR) is 95.0 cm³/mol. The maximum Gasteiger partial charge on any atom is 0.263 e. The number of benzene rings is 1. The van der Waals surface area contributed by atoms with Gasteiger partial charge in [0.05, 0.1) is 11.1 Å². The Labute approximate surface area is 148 Å². The van der Waals surface area contributed by atoms with Gasteiger partial charge in [0.1, 0.15) is 6.23 Å². The van der Waals surface area contributed by atoms with E-state index in [1.54, 1.807) is 31.2 Å². The summed E-state index contributed by atoms with van der Waals surface area (Å²) in [5.41, 5.74) is 1.23. The summed E-state index contributed by atoms with van der Waals surface area (Å²) < 4.78 is 0. The topological polar surface area (TPSA) is 74.7 Å². The zero-order valence-corrected chi connectivity index (χ0v) is 14.8. The molecule has 5 heteroatoms. The van der Waals surface area contributed by atoms with Gasteiger partial charge in [0.25, 0.3) is 11.8 Å². The molecular formula is C20H25NO4. The van der Waals surface area contributed by atoms with Crippen LogP contribution in [0.2, 0.25) is 0 Å². The van der Waals surface area contributed by atoms with Gasteiger partial charge in [-0.2, -0.15) is 0 Å². The highest BCUT2D eigenvalue weighted by molar-refractivity contribution is 6.21. The van der Waals surface area contributed by atoms with E-state index in [-0.39, 0.29) is 11.7 Å². The van der Waals surface area contributed by atoms with Crippen LogP contribution in [0.25, 0.3) is 0 Å². The molecule has 2 atom stereocenters. The number of fused-ring (bicyclic) bond motifs is 1. The lowest BCUT2D eigenvalue weighted by atomic mass is 9.93. The van der Waals surface area contributed by atoms with Crippen molar-refractivity contribution in [2.45, 2.75) is 52.2 Å². The first-order valence-corrected chi connectivity index (χ1v) is 8.70. The van der Waals surface area contributed by atoms with Crippen LogP contribution in [0.15, 0.2) is 36.4 Å². The number of imide groups is 1. The van der Waals surface area contributed by atoms with Crippen molar-refractivity contribution >= 4 is 17.6 Å². The van der Waals surface area contributed by atoms with Crippen LogP contribution in [-0.2, 0) is 4.79 Å². The number of Topliss-reactive ketones (excluding diaryl/α,β-unsaturated/α-hetero) is 1. The first kappa shape index (κ1) is 19.1. The average molecular weight is 343 g/mol. The number of rotatable bonds is 9. The molecule has 0 saturated carbocycles. The molecule has 1 heterocycles. The van der Waals surface area contributed by atoms with E-state index in [2.05, 4.69) is 6.58 Å². The van der Waals surface area contributed by atoms with Gasteiger partial charge in [0.15, 0.2) is 5.78 Å². The van der Waals surface area contributed by atoms with Crippen molar-refractivity contribution in [1.29, 1.82) is 0 Å². The molecule has 0 aliphatic carbocycles. The molecule has 0 spiro atoms. The molecule has 2 amide bonds. The number of amides is 2. The standard InChI is InChI=1S/C20H25NO4/c1-4-14(8-7-11-17(22)13(2)3)12-18(23)21-19(24)15-9-5-6-10-16(15)20(21)25/h5-6,9-10,14,18,23H,2,4,7-8,11-12H2,1,3H3. The molecule has 2 unspecified atom stereocenters. The maximum absolute atomic E-state index is 12.4. The Hall–Kier alpha value is -2.27. The molecule has 5 nitrogen and oxygen atoms in total. The Morgan fingerprint density at radius 3 is 2.24 bits per heavy atom. The fourth-order valence-electron chi connectivity index (χ4n) is 3.14. The summed E-state index contributed by atoms with van der Waals surface area (Å²) in [5, 5.41) is 10.5. The number of aliphatic hydroxyl groups is 1. The molecule has 1 aromatic rings. The van der Waals surface area contributed by atoms with E-state index in [4.69, 9.17) is 0 Å². The number of ketones is 1. The molecule has 1 aliphatic heterocycles. The predicted octanol–water partition coefficient (Wildman–Crippen LogP) is 3.33. The van der Waals surface area contributed by atoms with E-state index < -0.39 is 18.0 Å². The van der Waals surface area contributed by atoms with E-state index in [1.807, 2.05) is 6.92 Å². The Bertz CT molecular complexity index is 660. The fraction of sp³-hybridized carbons (Fsp3) is 0.450. The number of nitrogens with zero attached hydrogens (tertiary/aromatic N) is 1. The van der Waals surface area contributed by atoms with Crippen LogP contribution in [-0.4, -0.2) is 33.8 Å². The fourth-order valence-corrected chi connectivity index (χ4v) is 3.14. The van der Waals surface area contributed by atoms with Gasteiger partial charge in [-0.15, -0.1) is 0 Å². The van der Waals surface area contributed by atoms with Crippen molar-refractivity contribution in [3.63, 3.8) is 0 Å². The maximum atomic E-state index is 12.4. The molecule has 2 rings (SSSR count). The van der Waals surface area contributed by atoms with E-state index in [1.165, 1.54) is 0 Å². The number of hydrogen-bond donors (Lipinski definition) is 1. The van der Waals surface area contributed by atoms with E-state index in [0.717, 1.165) is 17.7 Å². The van der Waals surface area contributed by atoms with E-state index >= 15 is 0 Å². The summed E-state index contributed by atoms with van der Waals surface area (Å²) in [4.78, 5) is 37.3. The number of carbonyl (C=O) groups excluding carboxylic acids is 3. The lowest BCUT2D eigenvalue weighted by molar-refractivity contribution is -0.115. The zero-order valence-electron chi connectivity index (χ0n) is 14.8. The van der Waals surface area contributed by atoms with E-state index in [0.29, 0.717) is 36.0 Å². The van der Waals surface area contributed by atoms with Gasteiger partial charge < -0.3 is 5.11 Å². The van der Waals surface area contributed by atoms with Gasteiger partial charge in [0, 0.05) is 6.42 Å². The van der Waals surface area contributed by atoms with Crippen molar-refractivity contribution in [2.24, 2.45) is 5.92 Å². The summed E-state index contributed by atoms with van der Waals surface area (Å²) >= 11 is 0. The minimum Gasteiger partial charge on any atom is -0.373 e. The van der Waals surface area contributed by atoms with Gasteiger partial charge in [-0.3, -0.25) is 14.4 Å². The first-order valence-electron chi connectivity index (χ1n) is 8.70. The van der Waals surface area contributed by atoms with Crippen molar-refractivity contribution in [2.75, 3.05) is 0 Å². The molecule has 1 aliphatic rings. The van der Waals surface area contributed by atoms with Gasteiger partial charge in [-0.1, -0.05) is 32.1 Å². The molecule has 0 bridgehead atoms. The third-order valence-electron chi connectivity index (χ3n) is 4.74. The van der Waals surface area contributed by atoms with Crippen LogP contribution in [0.5, 0.6) is 0 Å². The highest BCUT2D eigenvalue weighted by atomic mass is 16.3. The van der Waals surface area contributed by atoms with Crippen LogP contribution in [0.4, 0.5) is 0 Å². The van der Waals surface area contributed by atoms with Crippen LogP contribution < -0.4 is 0 Å². The van der Waals surface area contributed by atoms with Crippen molar-refractivity contribution in [1.82, 2.24) is 4.90 Å². The SMILES string of the molecule is C=C(C)C(=O)CCCC(CC)CC(O)N1C(=O)c2ccccc2C1=O. The molecule has 134 valence electrons. The highest BCUT2D eigenvalue weighted by Gasteiger charge is 2.39. The number of hydrogen-bond acceptors (Lipinski definition) is 4.